The van der Waals surface area contributed by atoms with Gasteiger partial charge in [-0.05, 0) is 37.0 Å². The van der Waals surface area contributed by atoms with Crippen molar-refractivity contribution in [3.05, 3.63) is 66.2 Å². The number of para-hydroxylation sites is 1. The van der Waals surface area contributed by atoms with Crippen molar-refractivity contribution in [2.45, 2.75) is 51.6 Å². The van der Waals surface area contributed by atoms with Crippen LogP contribution in [0.5, 0.6) is 0 Å². The highest BCUT2D eigenvalue weighted by Crippen LogP contribution is 2.35. The first kappa shape index (κ1) is 22.0. The molecule has 0 aromatic heterocycles. The van der Waals surface area contributed by atoms with Gasteiger partial charge in [0.25, 0.3) is 0 Å². The molecule has 0 unspecified atom stereocenters. The fourth-order valence-corrected chi connectivity index (χ4v) is 4.24. The van der Waals surface area contributed by atoms with Crippen molar-refractivity contribution >= 4 is 17.5 Å². The van der Waals surface area contributed by atoms with Crippen LogP contribution in [0.25, 0.3) is 0 Å². The number of benzene rings is 2. The summed E-state index contributed by atoms with van der Waals surface area (Å²) >= 11 is 0. The van der Waals surface area contributed by atoms with E-state index in [-0.39, 0.29) is 11.8 Å². The molecule has 0 saturated carbocycles. The fourth-order valence-electron chi connectivity index (χ4n) is 4.24. The summed E-state index contributed by atoms with van der Waals surface area (Å²) in [6, 6.07) is 20.0. The summed E-state index contributed by atoms with van der Waals surface area (Å²) in [6.07, 6.45) is 2.48. The molecule has 2 aromatic rings. The maximum absolute atomic E-state index is 13.5. The van der Waals surface area contributed by atoms with Crippen molar-refractivity contribution in [1.82, 2.24) is 10.2 Å². The van der Waals surface area contributed by atoms with Gasteiger partial charge in [-0.25, -0.2) is 0 Å². The number of hydrogen-bond acceptors (Lipinski definition) is 3. The van der Waals surface area contributed by atoms with Crippen molar-refractivity contribution in [2.24, 2.45) is 0 Å². The third-order valence-corrected chi connectivity index (χ3v) is 5.88. The van der Waals surface area contributed by atoms with Gasteiger partial charge in [-0.15, -0.1) is 0 Å². The molecule has 0 bridgehead atoms. The van der Waals surface area contributed by atoms with Gasteiger partial charge in [0.05, 0.1) is 0 Å². The maximum atomic E-state index is 13.5. The number of amides is 2. The van der Waals surface area contributed by atoms with E-state index in [2.05, 4.69) is 34.5 Å². The summed E-state index contributed by atoms with van der Waals surface area (Å²) in [5.74, 6) is -0.0428. The zero-order chi connectivity index (χ0) is 21.4. The van der Waals surface area contributed by atoms with E-state index in [0.717, 1.165) is 31.7 Å². The molecule has 0 spiro atoms. The molecule has 0 aliphatic carbocycles. The summed E-state index contributed by atoms with van der Waals surface area (Å²) in [6.45, 7) is 6.93. The Hall–Kier alpha value is -2.66. The highest BCUT2D eigenvalue weighted by atomic mass is 16.2. The van der Waals surface area contributed by atoms with Crippen LogP contribution in [-0.4, -0.2) is 41.9 Å². The highest BCUT2D eigenvalue weighted by Gasteiger charge is 2.48. The zero-order valence-corrected chi connectivity index (χ0v) is 18.1. The lowest BCUT2D eigenvalue weighted by Crippen LogP contribution is -2.65. The van der Waals surface area contributed by atoms with Gasteiger partial charge < -0.3 is 5.32 Å². The van der Waals surface area contributed by atoms with E-state index in [0.29, 0.717) is 25.8 Å². The number of likely N-dealkylation sites (tertiary alicyclic amines) is 1. The number of nitrogens with zero attached hydrogens (tertiary/aromatic N) is 2. The van der Waals surface area contributed by atoms with E-state index in [1.165, 1.54) is 5.56 Å². The fraction of sp³-hybridized carbons (Fsp3) is 0.440. The smallest absolute Gasteiger partial charge is 0.246 e. The summed E-state index contributed by atoms with van der Waals surface area (Å²) in [4.78, 5) is 30.7. The Kier molecular flexibility index (Phi) is 7.63. The van der Waals surface area contributed by atoms with Gasteiger partial charge in [0.2, 0.25) is 11.8 Å². The SMILES string of the molecule is CCCNC(=O)C1(N(C(=O)CC)c2ccccc2)CCN(Cc2ccccc2)CC1. The Morgan fingerprint density at radius 3 is 2.13 bits per heavy atom. The van der Waals surface area contributed by atoms with Gasteiger partial charge in [-0.3, -0.25) is 19.4 Å². The minimum Gasteiger partial charge on any atom is -0.354 e. The topological polar surface area (TPSA) is 52.7 Å². The molecular formula is C25H33N3O2. The molecule has 3 rings (SSSR count). The molecule has 1 N–H and O–H groups in total. The lowest BCUT2D eigenvalue weighted by molar-refractivity contribution is -0.132. The number of anilines is 1. The van der Waals surface area contributed by atoms with Gasteiger partial charge in [0.1, 0.15) is 5.54 Å². The molecule has 1 aliphatic heterocycles. The molecule has 30 heavy (non-hydrogen) atoms. The van der Waals surface area contributed by atoms with Gasteiger partial charge in [-0.1, -0.05) is 62.4 Å². The van der Waals surface area contributed by atoms with Crippen molar-refractivity contribution in [2.75, 3.05) is 24.5 Å². The second kappa shape index (κ2) is 10.4. The standard InChI is InChI=1S/C25H33N3O2/c1-3-17-26-24(30)25(28(23(29)4-2)22-13-9-6-10-14-22)15-18-27(19-16-25)20-21-11-7-5-8-12-21/h5-14H,3-4,15-20H2,1-2H3,(H,26,30). The van der Waals surface area contributed by atoms with Crippen LogP contribution in [0.2, 0.25) is 0 Å². The maximum Gasteiger partial charge on any atom is 0.246 e. The number of carbonyl (C=O) groups is 2. The monoisotopic (exact) mass is 407 g/mol. The lowest BCUT2D eigenvalue weighted by atomic mass is 9.83. The number of piperidine rings is 1. The first-order valence-corrected chi connectivity index (χ1v) is 11.0. The third-order valence-electron chi connectivity index (χ3n) is 5.88. The van der Waals surface area contributed by atoms with Crippen LogP contribution in [-0.2, 0) is 16.1 Å². The quantitative estimate of drug-likeness (QED) is 0.720. The number of carbonyl (C=O) groups excluding carboxylic acids is 2. The molecule has 5 nitrogen and oxygen atoms in total. The number of rotatable bonds is 8. The van der Waals surface area contributed by atoms with E-state index in [4.69, 9.17) is 0 Å². The van der Waals surface area contributed by atoms with Gasteiger partial charge in [0, 0.05) is 38.3 Å². The molecule has 2 aromatic carbocycles. The van der Waals surface area contributed by atoms with Gasteiger partial charge in [-0.2, -0.15) is 0 Å². The van der Waals surface area contributed by atoms with Crippen LogP contribution < -0.4 is 10.2 Å². The Labute approximate surface area is 180 Å². The molecule has 5 heteroatoms. The van der Waals surface area contributed by atoms with E-state index in [9.17, 15) is 9.59 Å². The van der Waals surface area contributed by atoms with E-state index < -0.39 is 5.54 Å². The minimum absolute atomic E-state index is 0.00985. The van der Waals surface area contributed by atoms with Crippen LogP contribution >= 0.6 is 0 Å². The summed E-state index contributed by atoms with van der Waals surface area (Å²) in [7, 11) is 0. The second-order valence-corrected chi connectivity index (χ2v) is 7.97. The molecule has 1 heterocycles. The van der Waals surface area contributed by atoms with Crippen LogP contribution in [0.1, 0.15) is 45.1 Å². The zero-order valence-electron chi connectivity index (χ0n) is 18.1. The van der Waals surface area contributed by atoms with E-state index in [1.807, 2.05) is 50.2 Å². The Morgan fingerprint density at radius 2 is 1.57 bits per heavy atom. The first-order valence-electron chi connectivity index (χ1n) is 11.0. The van der Waals surface area contributed by atoms with Crippen LogP contribution in [0.15, 0.2) is 60.7 Å². The third kappa shape index (κ3) is 4.90. The summed E-state index contributed by atoms with van der Waals surface area (Å²) in [5, 5.41) is 3.09. The van der Waals surface area contributed by atoms with E-state index >= 15 is 0 Å². The van der Waals surface area contributed by atoms with Gasteiger partial charge in [0.15, 0.2) is 0 Å². The molecular weight excluding hydrogens is 374 g/mol. The van der Waals surface area contributed by atoms with Crippen molar-refractivity contribution in [3.63, 3.8) is 0 Å². The summed E-state index contributed by atoms with van der Waals surface area (Å²) in [5.41, 5.74) is 1.22. The first-order chi connectivity index (χ1) is 14.6. The molecule has 1 saturated heterocycles. The van der Waals surface area contributed by atoms with Crippen molar-refractivity contribution < 1.29 is 9.59 Å². The highest BCUT2D eigenvalue weighted by molar-refractivity contribution is 6.03. The average Bonchev–Trinajstić information content (AvgIpc) is 2.80. The molecule has 2 amide bonds. The van der Waals surface area contributed by atoms with Crippen LogP contribution in [0, 0.1) is 0 Å². The lowest BCUT2D eigenvalue weighted by Gasteiger charge is -2.47. The average molecular weight is 408 g/mol. The minimum atomic E-state index is -0.850. The molecule has 0 atom stereocenters. The second-order valence-electron chi connectivity index (χ2n) is 7.97. The van der Waals surface area contributed by atoms with Gasteiger partial charge >= 0.3 is 0 Å². The largest absolute Gasteiger partial charge is 0.354 e. The molecule has 160 valence electrons. The number of hydrogen-bond donors (Lipinski definition) is 1. The predicted octanol–water partition coefficient (Wildman–Crippen LogP) is 3.99. The number of nitrogens with one attached hydrogen (secondary N) is 1. The van der Waals surface area contributed by atoms with Crippen molar-refractivity contribution in [3.8, 4) is 0 Å². The van der Waals surface area contributed by atoms with Crippen LogP contribution in [0.4, 0.5) is 5.69 Å². The molecule has 0 radical (unpaired) electrons. The summed E-state index contributed by atoms with van der Waals surface area (Å²) < 4.78 is 0. The molecule has 1 aliphatic rings. The van der Waals surface area contributed by atoms with Crippen molar-refractivity contribution in [1.29, 1.82) is 0 Å². The Balaban J connectivity index is 1.88. The Bertz CT molecular complexity index is 815. The Morgan fingerprint density at radius 1 is 0.967 bits per heavy atom. The molecule has 1 fully saturated rings. The predicted molar refractivity (Wildman–Crippen MR) is 121 cm³/mol. The van der Waals surface area contributed by atoms with Crippen LogP contribution in [0.3, 0.4) is 0 Å². The normalized spacial score (nSPS) is 16.1. The van der Waals surface area contributed by atoms with E-state index in [1.54, 1.807) is 4.90 Å².